The van der Waals surface area contributed by atoms with Crippen molar-refractivity contribution in [2.75, 3.05) is 0 Å². The van der Waals surface area contributed by atoms with E-state index in [0.717, 1.165) is 0 Å². The first-order valence-corrected chi connectivity index (χ1v) is 12.4. The summed E-state index contributed by atoms with van der Waals surface area (Å²) in [6.45, 7) is 6.57. The van der Waals surface area contributed by atoms with Gasteiger partial charge in [0.25, 0.3) is 0 Å². The maximum Gasteiger partial charge on any atom is 0.359 e. The van der Waals surface area contributed by atoms with Crippen molar-refractivity contribution in [2.24, 2.45) is 5.92 Å². The molecule has 0 amide bonds. The Bertz CT molecular complexity index is 1040. The van der Waals surface area contributed by atoms with Crippen molar-refractivity contribution in [1.29, 1.82) is 0 Å². The smallest absolute Gasteiger partial charge is 0.359 e. The van der Waals surface area contributed by atoms with Crippen LogP contribution in [0.15, 0.2) is 12.7 Å². The van der Waals surface area contributed by atoms with E-state index in [1.165, 1.54) is 13.3 Å². The van der Waals surface area contributed by atoms with Gasteiger partial charge in [0.05, 0.1) is 18.0 Å². The molecule has 2 aromatic heterocycles. The second-order valence-electron chi connectivity index (χ2n) is 8.63. The van der Waals surface area contributed by atoms with E-state index >= 15 is 0 Å². The summed E-state index contributed by atoms with van der Waals surface area (Å²) in [5.74, 6) is -0.507. The molecule has 0 bridgehead atoms. The maximum absolute atomic E-state index is 12.9. The van der Waals surface area contributed by atoms with Crippen LogP contribution in [0.25, 0.3) is 11.2 Å². The molecular formula is C19H28ClN4O6P. The molecule has 1 saturated carbocycles. The maximum atomic E-state index is 12.9. The van der Waals surface area contributed by atoms with Gasteiger partial charge >= 0.3 is 7.60 Å². The van der Waals surface area contributed by atoms with Gasteiger partial charge in [0.15, 0.2) is 16.1 Å². The van der Waals surface area contributed by atoms with Crippen LogP contribution in [-0.4, -0.2) is 57.3 Å². The van der Waals surface area contributed by atoms with Crippen molar-refractivity contribution in [1.82, 2.24) is 19.5 Å². The Morgan fingerprint density at radius 2 is 2.00 bits per heavy atom. The summed E-state index contributed by atoms with van der Waals surface area (Å²) in [5.41, 5.74) is -1.41. The molecular weight excluding hydrogens is 447 g/mol. The normalized spacial score (nSPS) is 31.9. The van der Waals surface area contributed by atoms with Gasteiger partial charge in [-0.25, -0.2) is 15.0 Å². The van der Waals surface area contributed by atoms with Gasteiger partial charge < -0.3 is 19.8 Å². The molecule has 172 valence electrons. The number of imidazole rings is 1. The van der Waals surface area contributed by atoms with E-state index < -0.39 is 42.4 Å². The molecule has 10 nitrogen and oxygen atoms in total. The fourth-order valence-electron chi connectivity index (χ4n) is 4.68. The molecule has 12 heteroatoms. The number of rotatable bonds is 8. The first-order chi connectivity index (χ1) is 14.5. The minimum atomic E-state index is -4.39. The molecule has 3 N–H and O–H groups in total. The van der Waals surface area contributed by atoms with Crippen LogP contribution in [0.2, 0.25) is 5.15 Å². The van der Waals surface area contributed by atoms with Gasteiger partial charge in [-0.05, 0) is 26.2 Å². The summed E-state index contributed by atoms with van der Waals surface area (Å²) in [5, 5.41) is 20.1. The highest BCUT2D eigenvalue weighted by atomic mass is 35.5. The van der Waals surface area contributed by atoms with Crippen molar-refractivity contribution >= 4 is 30.4 Å². The lowest BCUT2D eigenvalue weighted by atomic mass is 9.88. The number of fused-ring (bicyclic) bond motifs is 2. The number of hydrogen-bond donors (Lipinski definition) is 3. The van der Waals surface area contributed by atoms with Crippen LogP contribution < -0.4 is 0 Å². The van der Waals surface area contributed by atoms with Gasteiger partial charge in [-0.2, -0.15) is 0 Å². The van der Waals surface area contributed by atoms with E-state index in [9.17, 15) is 19.7 Å². The number of aliphatic hydroxyl groups is 2. The van der Waals surface area contributed by atoms with Gasteiger partial charge in [-0.1, -0.05) is 32.4 Å². The Kier molecular flexibility index (Phi) is 5.54. The topological polar surface area (TPSA) is 140 Å². The van der Waals surface area contributed by atoms with Crippen LogP contribution in [0.3, 0.4) is 0 Å². The van der Waals surface area contributed by atoms with Crippen LogP contribution in [0, 0.1) is 5.92 Å². The summed E-state index contributed by atoms with van der Waals surface area (Å²) in [4.78, 5) is 22.9. The third-order valence-electron chi connectivity index (χ3n) is 7.00. The van der Waals surface area contributed by atoms with Crippen LogP contribution >= 0.6 is 19.2 Å². The van der Waals surface area contributed by atoms with E-state index in [0.29, 0.717) is 24.0 Å². The highest BCUT2D eigenvalue weighted by molar-refractivity contribution is 7.54. The van der Waals surface area contributed by atoms with E-state index in [1.807, 2.05) is 13.8 Å². The zero-order valence-electron chi connectivity index (χ0n) is 17.9. The summed E-state index contributed by atoms with van der Waals surface area (Å²) in [6.07, 6.45) is 2.82. The standard InChI is InChI=1S/C19H28ClN4O6P/c1-5-17(4,25)31(27,28)30-18(6-2,7-3)13-14-19(13,26)8-11(29-14)24-10-23-12-15(20)21-9-22-16(12)24/h9-11,13-14,25-26H,5-8H2,1-4H3,(H,27,28). The summed E-state index contributed by atoms with van der Waals surface area (Å²) < 4.78 is 26.5. The average molecular weight is 475 g/mol. The van der Waals surface area contributed by atoms with E-state index in [2.05, 4.69) is 15.0 Å². The molecule has 6 unspecified atom stereocenters. The highest BCUT2D eigenvalue weighted by Gasteiger charge is 2.77. The van der Waals surface area contributed by atoms with Crippen molar-refractivity contribution in [2.45, 2.75) is 82.3 Å². The lowest BCUT2D eigenvalue weighted by Gasteiger charge is -2.39. The minimum Gasteiger partial charge on any atom is -0.386 e. The summed E-state index contributed by atoms with van der Waals surface area (Å²) >= 11 is 6.07. The Hall–Kier alpha value is -1.13. The van der Waals surface area contributed by atoms with Crippen molar-refractivity contribution in [3.8, 4) is 0 Å². The molecule has 0 spiro atoms. The van der Waals surface area contributed by atoms with Gasteiger partial charge in [0, 0.05) is 12.3 Å². The lowest BCUT2D eigenvalue weighted by molar-refractivity contribution is -0.0633. The van der Waals surface area contributed by atoms with Gasteiger partial charge in [0.2, 0.25) is 0 Å². The molecule has 3 heterocycles. The molecule has 1 aliphatic carbocycles. The zero-order chi connectivity index (χ0) is 22.8. The largest absolute Gasteiger partial charge is 0.386 e. The molecule has 2 aliphatic rings. The minimum absolute atomic E-state index is 0.0549. The molecule has 31 heavy (non-hydrogen) atoms. The summed E-state index contributed by atoms with van der Waals surface area (Å²) in [6, 6.07) is 0. The first kappa shape index (κ1) is 23.0. The molecule has 1 aliphatic heterocycles. The third-order valence-corrected chi connectivity index (χ3v) is 9.42. The van der Waals surface area contributed by atoms with Gasteiger partial charge in [0.1, 0.15) is 23.7 Å². The molecule has 0 aromatic carbocycles. The molecule has 2 aromatic rings. The predicted octanol–water partition coefficient (Wildman–Crippen LogP) is 3.01. The highest BCUT2D eigenvalue weighted by Crippen LogP contribution is 2.69. The fourth-order valence-corrected chi connectivity index (χ4v) is 6.32. The predicted molar refractivity (Wildman–Crippen MR) is 112 cm³/mol. The number of aromatic nitrogens is 4. The Morgan fingerprint density at radius 1 is 1.32 bits per heavy atom. The van der Waals surface area contributed by atoms with Crippen LogP contribution in [0.4, 0.5) is 0 Å². The molecule has 2 fully saturated rings. The number of halogens is 1. The molecule has 1 saturated heterocycles. The average Bonchev–Trinajstić information content (AvgIpc) is 3.03. The van der Waals surface area contributed by atoms with E-state index in [4.69, 9.17) is 20.9 Å². The molecule has 0 radical (unpaired) electrons. The Morgan fingerprint density at radius 3 is 2.55 bits per heavy atom. The van der Waals surface area contributed by atoms with Crippen molar-refractivity contribution < 1.29 is 28.9 Å². The number of hydrogen-bond acceptors (Lipinski definition) is 8. The van der Waals surface area contributed by atoms with E-state index in [1.54, 1.807) is 17.8 Å². The third kappa shape index (κ3) is 3.35. The second-order valence-corrected chi connectivity index (χ2v) is 11.2. The lowest BCUT2D eigenvalue weighted by Crippen LogP contribution is -2.41. The Balaban J connectivity index is 1.59. The van der Waals surface area contributed by atoms with Crippen molar-refractivity contribution in [3.63, 3.8) is 0 Å². The van der Waals surface area contributed by atoms with Crippen molar-refractivity contribution in [3.05, 3.63) is 17.8 Å². The number of ether oxygens (including phenoxy) is 1. The molecule has 6 atom stereocenters. The van der Waals surface area contributed by atoms with Crippen LogP contribution in [0.5, 0.6) is 0 Å². The van der Waals surface area contributed by atoms with Gasteiger partial charge in [-0.15, -0.1) is 0 Å². The van der Waals surface area contributed by atoms with E-state index in [-0.39, 0.29) is 18.0 Å². The quantitative estimate of drug-likeness (QED) is 0.389. The molecule has 4 rings (SSSR count). The number of nitrogens with zero attached hydrogens (tertiary/aromatic N) is 4. The fraction of sp³-hybridized carbons (Fsp3) is 0.737. The van der Waals surface area contributed by atoms with Crippen LogP contribution in [-0.2, 0) is 13.8 Å². The summed E-state index contributed by atoms with van der Waals surface area (Å²) in [7, 11) is -4.39. The van der Waals surface area contributed by atoms with Crippen LogP contribution in [0.1, 0.15) is 59.6 Å². The second kappa shape index (κ2) is 7.45. The first-order valence-electron chi connectivity index (χ1n) is 10.4. The SMILES string of the molecule is CCC(CC)(OP(=O)(O)C(C)(O)CC)C1C2OC(n3cnc4c(Cl)ncnc43)CC21O. The van der Waals surface area contributed by atoms with Gasteiger partial charge in [-0.3, -0.25) is 13.7 Å². The Labute approximate surface area is 185 Å². The zero-order valence-corrected chi connectivity index (χ0v) is 19.5. The monoisotopic (exact) mass is 474 g/mol.